The second-order valence-electron chi connectivity index (χ2n) is 6.82. The number of carbonyl (C=O) groups is 2. The van der Waals surface area contributed by atoms with Gasteiger partial charge in [-0.15, -0.1) is 4.73 Å². The maximum atomic E-state index is 12.5. The molecule has 27 heavy (non-hydrogen) atoms. The van der Waals surface area contributed by atoms with Crippen LogP contribution in [0.3, 0.4) is 0 Å². The molecule has 2 aromatic rings. The summed E-state index contributed by atoms with van der Waals surface area (Å²) in [6.07, 6.45) is -0.801. The van der Waals surface area contributed by atoms with Gasteiger partial charge in [0.25, 0.3) is 0 Å². The Labute approximate surface area is 155 Å². The summed E-state index contributed by atoms with van der Waals surface area (Å²) in [5.74, 6) is -1.85. The van der Waals surface area contributed by atoms with Crippen LogP contribution in [0.25, 0.3) is 0 Å². The van der Waals surface area contributed by atoms with Gasteiger partial charge < -0.3 is 30.2 Å². The van der Waals surface area contributed by atoms with Gasteiger partial charge in [0.05, 0.1) is 0 Å². The van der Waals surface area contributed by atoms with Crippen molar-refractivity contribution in [2.24, 2.45) is 0 Å². The highest BCUT2D eigenvalue weighted by Gasteiger charge is 2.27. The molecule has 9 heteroatoms. The lowest BCUT2D eigenvalue weighted by Gasteiger charge is -2.23. The molecule has 1 amide bonds. The Hall–Kier alpha value is -3.36. The highest BCUT2D eigenvalue weighted by molar-refractivity contribution is 5.82. The number of hydrogen-bond donors (Lipinski definition) is 4. The number of nitrogens with zero attached hydrogens (tertiary/aromatic N) is 1. The van der Waals surface area contributed by atoms with E-state index in [0.717, 1.165) is 12.1 Å². The maximum absolute atomic E-state index is 12.5. The van der Waals surface area contributed by atoms with E-state index in [0.29, 0.717) is 10.3 Å². The van der Waals surface area contributed by atoms with Gasteiger partial charge in [0.1, 0.15) is 17.4 Å². The quantitative estimate of drug-likeness (QED) is 0.623. The number of nitrogens with one attached hydrogen (secondary N) is 1. The molecule has 2 rings (SSSR count). The molecule has 0 fully saturated rings. The van der Waals surface area contributed by atoms with Crippen molar-refractivity contribution in [3.63, 3.8) is 0 Å². The van der Waals surface area contributed by atoms with Crippen molar-refractivity contribution in [1.29, 1.82) is 0 Å². The van der Waals surface area contributed by atoms with Gasteiger partial charge in [-0.25, -0.2) is 9.59 Å². The summed E-state index contributed by atoms with van der Waals surface area (Å²) in [7, 11) is 0. The lowest BCUT2D eigenvalue weighted by atomic mass is 10.1. The number of carbonyl (C=O) groups excluding carboxylic acids is 2. The summed E-state index contributed by atoms with van der Waals surface area (Å²) >= 11 is 0. The van der Waals surface area contributed by atoms with E-state index >= 15 is 0 Å². The van der Waals surface area contributed by atoms with E-state index < -0.39 is 35.5 Å². The monoisotopic (exact) mass is 378 g/mol. The van der Waals surface area contributed by atoms with Crippen LogP contribution in [-0.2, 0) is 16.0 Å². The standard InChI is InChI=1S/C18H22N2O7/c1-18(2,3)26-17(25)19-13(10-11-4-6-12(21)7-5-11)16(24)27-20-14(22)8-9-15(20)23/h4-9,13,21-23H,10H2,1-3H3,(H,19,25)/t13-/m0/s1. The summed E-state index contributed by atoms with van der Waals surface area (Å²) in [4.78, 5) is 29.5. The molecular weight excluding hydrogens is 356 g/mol. The van der Waals surface area contributed by atoms with E-state index in [4.69, 9.17) is 9.57 Å². The Bertz CT molecular complexity index is 787. The van der Waals surface area contributed by atoms with Crippen molar-refractivity contribution in [1.82, 2.24) is 10.0 Å². The van der Waals surface area contributed by atoms with Crippen LogP contribution in [0.1, 0.15) is 26.3 Å². The average Bonchev–Trinajstić information content (AvgIpc) is 2.86. The van der Waals surface area contributed by atoms with Crippen LogP contribution >= 0.6 is 0 Å². The van der Waals surface area contributed by atoms with Gasteiger partial charge >= 0.3 is 12.1 Å². The van der Waals surface area contributed by atoms with Crippen molar-refractivity contribution in [3.05, 3.63) is 42.0 Å². The normalized spacial score (nSPS) is 12.3. The number of aromatic hydroxyl groups is 3. The summed E-state index contributed by atoms with van der Waals surface area (Å²) < 4.78 is 5.69. The van der Waals surface area contributed by atoms with Crippen molar-refractivity contribution in [3.8, 4) is 17.5 Å². The summed E-state index contributed by atoms with van der Waals surface area (Å²) in [6, 6.07) is 7.14. The van der Waals surface area contributed by atoms with Crippen molar-refractivity contribution in [2.45, 2.75) is 38.8 Å². The number of phenols is 1. The van der Waals surface area contributed by atoms with Crippen LogP contribution in [0.15, 0.2) is 36.4 Å². The highest BCUT2D eigenvalue weighted by Crippen LogP contribution is 2.19. The van der Waals surface area contributed by atoms with Crippen LogP contribution in [0.4, 0.5) is 4.79 Å². The predicted molar refractivity (Wildman–Crippen MR) is 94.3 cm³/mol. The Morgan fingerprint density at radius 3 is 2.11 bits per heavy atom. The van der Waals surface area contributed by atoms with Gasteiger partial charge in [-0.05, 0) is 38.5 Å². The molecule has 4 N–H and O–H groups in total. The van der Waals surface area contributed by atoms with Gasteiger partial charge in [-0.1, -0.05) is 12.1 Å². The van der Waals surface area contributed by atoms with Gasteiger partial charge in [0.2, 0.25) is 11.8 Å². The zero-order chi connectivity index (χ0) is 20.2. The van der Waals surface area contributed by atoms with E-state index in [-0.39, 0.29) is 12.2 Å². The summed E-state index contributed by atoms with van der Waals surface area (Å²) in [5.41, 5.74) is -0.139. The topological polar surface area (TPSA) is 130 Å². The van der Waals surface area contributed by atoms with Gasteiger partial charge in [0, 0.05) is 18.6 Å². The predicted octanol–water partition coefficient (Wildman–Crippen LogP) is 1.70. The molecule has 0 saturated carbocycles. The first-order chi connectivity index (χ1) is 12.5. The van der Waals surface area contributed by atoms with Crippen LogP contribution in [0, 0.1) is 0 Å². The van der Waals surface area contributed by atoms with Gasteiger partial charge in [-0.3, -0.25) is 0 Å². The van der Waals surface area contributed by atoms with E-state index in [1.165, 1.54) is 12.1 Å². The first kappa shape index (κ1) is 20.0. The SMILES string of the molecule is CC(C)(C)OC(=O)N[C@@H](Cc1ccc(O)cc1)C(=O)On1c(O)ccc1O. The fourth-order valence-electron chi connectivity index (χ4n) is 2.16. The molecule has 1 aromatic heterocycles. The number of phenolic OH excluding ortho intramolecular Hbond substituents is 1. The number of ether oxygens (including phenoxy) is 1. The number of benzene rings is 1. The van der Waals surface area contributed by atoms with Crippen molar-refractivity contribution >= 4 is 12.1 Å². The third-order valence-corrected chi connectivity index (χ3v) is 3.33. The smallest absolute Gasteiger partial charge is 0.408 e. The number of rotatable bonds is 5. The van der Waals surface area contributed by atoms with Crippen molar-refractivity contribution in [2.75, 3.05) is 0 Å². The van der Waals surface area contributed by atoms with Gasteiger partial charge in [0.15, 0.2) is 0 Å². The van der Waals surface area contributed by atoms with Crippen LogP contribution < -0.4 is 10.2 Å². The third kappa shape index (κ3) is 5.84. The fraction of sp³-hybridized carbons (Fsp3) is 0.333. The molecule has 0 aliphatic carbocycles. The van der Waals surface area contributed by atoms with E-state index in [1.54, 1.807) is 32.9 Å². The lowest BCUT2D eigenvalue weighted by molar-refractivity contribution is -0.148. The largest absolute Gasteiger partial charge is 0.508 e. The molecule has 0 aliphatic rings. The van der Waals surface area contributed by atoms with Crippen molar-refractivity contribution < 1.29 is 34.5 Å². The number of aromatic nitrogens is 1. The molecule has 9 nitrogen and oxygen atoms in total. The first-order valence-electron chi connectivity index (χ1n) is 8.14. The molecule has 0 radical (unpaired) electrons. The number of alkyl carbamates (subject to hydrolysis) is 1. The molecule has 146 valence electrons. The maximum Gasteiger partial charge on any atom is 0.408 e. The molecule has 1 aromatic carbocycles. The molecular formula is C18H22N2O7. The molecule has 0 unspecified atom stereocenters. The molecule has 1 heterocycles. The molecule has 0 aliphatic heterocycles. The minimum absolute atomic E-state index is 0.0289. The van der Waals surface area contributed by atoms with Crippen LogP contribution in [-0.4, -0.2) is 43.8 Å². The third-order valence-electron chi connectivity index (χ3n) is 3.33. The van der Waals surface area contributed by atoms with Crippen LogP contribution in [0.5, 0.6) is 17.5 Å². The Balaban J connectivity index is 2.18. The zero-order valence-corrected chi connectivity index (χ0v) is 15.2. The highest BCUT2D eigenvalue weighted by atomic mass is 16.7. The Morgan fingerprint density at radius 1 is 1.04 bits per heavy atom. The molecule has 0 bridgehead atoms. The molecule has 0 spiro atoms. The lowest BCUT2D eigenvalue weighted by Crippen LogP contribution is -2.47. The summed E-state index contributed by atoms with van der Waals surface area (Å²) in [5, 5.41) is 31.0. The first-order valence-corrected chi connectivity index (χ1v) is 8.14. The number of hydrogen-bond acceptors (Lipinski definition) is 7. The second kappa shape index (κ2) is 7.90. The molecule has 0 saturated heterocycles. The fourth-order valence-corrected chi connectivity index (χ4v) is 2.16. The minimum atomic E-state index is -1.18. The summed E-state index contributed by atoms with van der Waals surface area (Å²) in [6.45, 7) is 5.03. The van der Waals surface area contributed by atoms with E-state index in [9.17, 15) is 24.9 Å². The Morgan fingerprint density at radius 2 is 1.59 bits per heavy atom. The zero-order valence-electron chi connectivity index (χ0n) is 15.2. The van der Waals surface area contributed by atoms with E-state index in [1.807, 2.05) is 0 Å². The second-order valence-corrected chi connectivity index (χ2v) is 6.82. The minimum Gasteiger partial charge on any atom is -0.508 e. The van der Waals surface area contributed by atoms with E-state index in [2.05, 4.69) is 5.32 Å². The number of amides is 1. The van der Waals surface area contributed by atoms with Crippen LogP contribution in [0.2, 0.25) is 0 Å². The Kier molecular flexibility index (Phi) is 5.84. The molecule has 1 atom stereocenters. The van der Waals surface area contributed by atoms with Gasteiger partial charge in [-0.2, -0.15) is 0 Å². The average molecular weight is 378 g/mol.